The lowest BCUT2D eigenvalue weighted by molar-refractivity contribution is 0.509. The van der Waals surface area contributed by atoms with Crippen molar-refractivity contribution < 1.29 is 4.42 Å². The number of hydrogen-bond acceptors (Lipinski definition) is 3. The summed E-state index contributed by atoms with van der Waals surface area (Å²) in [5, 5.41) is 8.59. The molecule has 2 unspecified atom stereocenters. The summed E-state index contributed by atoms with van der Waals surface area (Å²) in [5.41, 5.74) is 24.3. The minimum absolute atomic E-state index is 0.107. The van der Waals surface area contributed by atoms with Gasteiger partial charge in [0.15, 0.2) is 0 Å². The second-order valence-corrected chi connectivity index (χ2v) is 17.1. The minimum Gasteiger partial charge on any atom is -0.456 e. The van der Waals surface area contributed by atoms with Crippen LogP contribution in [-0.4, -0.2) is 0 Å². The molecule has 1 aromatic heterocycles. The second-order valence-electron chi connectivity index (χ2n) is 17.1. The quantitative estimate of drug-likeness (QED) is 0.143. The van der Waals surface area contributed by atoms with Crippen molar-refractivity contribution in [1.29, 1.82) is 0 Å². The predicted molar refractivity (Wildman–Crippen MR) is 260 cm³/mol. The zero-order valence-corrected chi connectivity index (χ0v) is 34.8. The molecule has 0 saturated heterocycles. The highest BCUT2D eigenvalue weighted by atomic mass is 16.3. The van der Waals surface area contributed by atoms with E-state index < -0.39 is 6.17 Å². The zero-order chi connectivity index (χ0) is 41.8. The molecule has 0 saturated carbocycles. The van der Waals surface area contributed by atoms with Gasteiger partial charge in [-0.05, 0) is 138 Å². The predicted octanol–water partition coefficient (Wildman–Crippen LogP) is 15.0. The van der Waals surface area contributed by atoms with Crippen LogP contribution >= 0.6 is 0 Å². The number of rotatable bonds is 9. The van der Waals surface area contributed by atoms with Gasteiger partial charge in [0.2, 0.25) is 0 Å². The molecule has 2 atom stereocenters. The smallest absolute Gasteiger partial charge is 0.135 e. The summed E-state index contributed by atoms with van der Waals surface area (Å²) in [6.45, 7) is 4.72. The van der Waals surface area contributed by atoms with E-state index in [0.717, 1.165) is 60.9 Å². The number of hydrogen-bond donors (Lipinski definition) is 2. The van der Waals surface area contributed by atoms with Crippen LogP contribution in [0, 0.1) is 0 Å². The van der Waals surface area contributed by atoms with Crippen molar-refractivity contribution in [3.05, 3.63) is 234 Å². The van der Waals surface area contributed by atoms with E-state index >= 15 is 0 Å². The zero-order valence-electron chi connectivity index (χ0n) is 34.8. The molecule has 3 N–H and O–H groups in total. The highest BCUT2D eigenvalue weighted by Crippen LogP contribution is 2.53. The summed E-state index contributed by atoms with van der Waals surface area (Å²) >= 11 is 0. The molecule has 11 rings (SSSR count). The lowest BCUT2D eigenvalue weighted by Crippen LogP contribution is -2.31. The molecule has 0 aliphatic heterocycles. The topological polar surface area (TPSA) is 51.2 Å². The van der Waals surface area contributed by atoms with Crippen molar-refractivity contribution in [2.75, 3.05) is 0 Å². The molecule has 1 aliphatic carbocycles. The fourth-order valence-corrected chi connectivity index (χ4v) is 9.64. The van der Waals surface area contributed by atoms with Gasteiger partial charge in [-0.15, -0.1) is 0 Å². The van der Waals surface area contributed by atoms with Crippen LogP contribution < -0.4 is 11.1 Å². The third-order valence-electron chi connectivity index (χ3n) is 12.9. The Kier molecular flexibility index (Phi) is 9.30. The number of fused-ring (bicyclic) bond motifs is 7. The van der Waals surface area contributed by atoms with Crippen LogP contribution in [0.25, 0.3) is 83.3 Å². The Morgan fingerprint density at radius 3 is 1.98 bits per heavy atom. The van der Waals surface area contributed by atoms with Gasteiger partial charge in [-0.2, -0.15) is 0 Å². The molecule has 0 amide bonds. The van der Waals surface area contributed by atoms with Gasteiger partial charge in [-0.1, -0.05) is 172 Å². The summed E-state index contributed by atoms with van der Waals surface area (Å²) < 4.78 is 6.22. The van der Waals surface area contributed by atoms with E-state index in [1.165, 1.54) is 44.2 Å². The van der Waals surface area contributed by atoms with Gasteiger partial charge in [0.05, 0.1) is 12.2 Å². The van der Waals surface area contributed by atoms with Gasteiger partial charge >= 0.3 is 0 Å². The van der Waals surface area contributed by atoms with Gasteiger partial charge in [-0.3, -0.25) is 5.32 Å². The molecule has 0 spiro atoms. The van der Waals surface area contributed by atoms with Crippen molar-refractivity contribution in [3.8, 4) is 44.5 Å². The number of nitrogens with one attached hydrogen (secondary N) is 1. The van der Waals surface area contributed by atoms with Crippen LogP contribution in [0.1, 0.15) is 53.9 Å². The summed E-state index contributed by atoms with van der Waals surface area (Å²) in [6, 6.07) is 71.6. The Morgan fingerprint density at radius 1 is 0.484 bits per heavy atom. The van der Waals surface area contributed by atoms with Crippen LogP contribution in [-0.2, 0) is 5.41 Å². The van der Waals surface area contributed by atoms with Crippen molar-refractivity contribution in [2.24, 2.45) is 5.73 Å². The lowest BCUT2D eigenvalue weighted by atomic mass is 9.81. The largest absolute Gasteiger partial charge is 0.456 e. The maximum Gasteiger partial charge on any atom is 0.135 e. The van der Waals surface area contributed by atoms with Gasteiger partial charge < -0.3 is 10.2 Å². The van der Waals surface area contributed by atoms with Gasteiger partial charge in [0.1, 0.15) is 11.2 Å². The standard InChI is InChI=1S/C59H46N2O/c1-59(2)52-25-14-24-48(57(52)51-36-41-20-9-10-21-42(41)37-53(51)59)44-22-13-15-38(31-44)27-29-54(61-58(60)40-18-7-4-8-19-40)47-33-45(39-16-5-3-6-17-39)32-46(34-47)43-28-30-56-50(35-43)49-23-11-12-26-55(49)62-56/h3-37,54,58,61H,60H2,1-2H3/b29-27+. The van der Waals surface area contributed by atoms with E-state index in [0.29, 0.717) is 0 Å². The highest BCUT2D eigenvalue weighted by molar-refractivity contribution is 6.06. The van der Waals surface area contributed by atoms with E-state index in [9.17, 15) is 0 Å². The van der Waals surface area contributed by atoms with Crippen molar-refractivity contribution >= 4 is 38.8 Å². The molecule has 3 nitrogen and oxygen atoms in total. The molecule has 1 aliphatic rings. The number of furan rings is 1. The van der Waals surface area contributed by atoms with Crippen LogP contribution in [0.2, 0.25) is 0 Å². The summed E-state index contributed by atoms with van der Waals surface area (Å²) in [4.78, 5) is 0. The van der Waals surface area contributed by atoms with E-state index in [-0.39, 0.29) is 11.5 Å². The van der Waals surface area contributed by atoms with Gasteiger partial charge in [0.25, 0.3) is 0 Å². The molecular weight excluding hydrogens is 753 g/mol. The molecule has 9 aromatic carbocycles. The molecule has 62 heavy (non-hydrogen) atoms. The maximum absolute atomic E-state index is 7.00. The Hall–Kier alpha value is -7.30. The van der Waals surface area contributed by atoms with Crippen LogP contribution in [0.5, 0.6) is 0 Å². The van der Waals surface area contributed by atoms with Crippen LogP contribution in [0.3, 0.4) is 0 Å². The maximum atomic E-state index is 7.00. The first kappa shape index (κ1) is 37.7. The molecule has 298 valence electrons. The number of benzene rings is 9. The van der Waals surface area contributed by atoms with Crippen molar-refractivity contribution in [3.63, 3.8) is 0 Å². The first-order valence-corrected chi connectivity index (χ1v) is 21.5. The summed E-state index contributed by atoms with van der Waals surface area (Å²) in [7, 11) is 0. The number of nitrogens with two attached hydrogens (primary N) is 1. The first-order valence-electron chi connectivity index (χ1n) is 21.5. The third-order valence-corrected chi connectivity index (χ3v) is 12.9. The van der Waals surface area contributed by atoms with E-state index in [2.05, 4.69) is 201 Å². The monoisotopic (exact) mass is 798 g/mol. The second kappa shape index (κ2) is 15.3. The van der Waals surface area contributed by atoms with E-state index in [4.69, 9.17) is 10.2 Å². The molecule has 0 bridgehead atoms. The van der Waals surface area contributed by atoms with E-state index in [1.807, 2.05) is 30.3 Å². The third kappa shape index (κ3) is 6.73. The van der Waals surface area contributed by atoms with Crippen LogP contribution in [0.4, 0.5) is 0 Å². The average molecular weight is 799 g/mol. The Morgan fingerprint density at radius 2 is 1.16 bits per heavy atom. The molecule has 3 heteroatoms. The molecule has 1 heterocycles. The Bertz CT molecular complexity index is 3320. The molecular formula is C59H46N2O. The normalized spacial score (nSPS) is 14.0. The van der Waals surface area contributed by atoms with Crippen molar-refractivity contribution in [2.45, 2.75) is 31.5 Å². The number of para-hydroxylation sites is 1. The Labute approximate surface area is 362 Å². The van der Waals surface area contributed by atoms with Crippen molar-refractivity contribution in [1.82, 2.24) is 5.32 Å². The average Bonchev–Trinajstić information content (AvgIpc) is 3.81. The fourth-order valence-electron chi connectivity index (χ4n) is 9.64. The highest BCUT2D eigenvalue weighted by Gasteiger charge is 2.37. The SMILES string of the molecule is CC1(C)c2cc3ccccc3cc2-c2c(-c3cccc(/C=C/C(NC(N)c4ccccc4)c4cc(-c5ccccc5)cc(-c5ccc6oc7ccccc7c6c5)c4)c3)cccc21. The first-order chi connectivity index (χ1) is 30.4. The Balaban J connectivity index is 1.02. The molecule has 0 fully saturated rings. The molecule has 0 radical (unpaired) electrons. The fraction of sp³-hybridized carbons (Fsp3) is 0.0847. The van der Waals surface area contributed by atoms with E-state index in [1.54, 1.807) is 0 Å². The van der Waals surface area contributed by atoms with Crippen LogP contribution in [0.15, 0.2) is 211 Å². The molecule has 10 aromatic rings. The minimum atomic E-state index is -0.402. The van der Waals surface area contributed by atoms with Gasteiger partial charge in [-0.25, -0.2) is 0 Å². The van der Waals surface area contributed by atoms with Gasteiger partial charge in [0, 0.05) is 16.2 Å². The summed E-state index contributed by atoms with van der Waals surface area (Å²) in [6.07, 6.45) is 4.11. The summed E-state index contributed by atoms with van der Waals surface area (Å²) in [5.74, 6) is 0. The lowest BCUT2D eigenvalue weighted by Gasteiger charge is -2.23.